The lowest BCUT2D eigenvalue weighted by Gasteiger charge is -2.37. The molecule has 1 aromatic carbocycles. The minimum Gasteiger partial charge on any atom is -0.480 e. The van der Waals surface area contributed by atoms with E-state index in [1.54, 1.807) is 0 Å². The first-order valence-corrected chi connectivity index (χ1v) is 7.55. The van der Waals surface area contributed by atoms with Gasteiger partial charge in [-0.1, -0.05) is 50.1 Å². The molecule has 0 radical (unpaired) electrons. The molecule has 1 aromatic rings. The van der Waals surface area contributed by atoms with Crippen LogP contribution in [0, 0.1) is 5.92 Å². The van der Waals surface area contributed by atoms with Gasteiger partial charge in [0.05, 0.1) is 5.92 Å². The van der Waals surface area contributed by atoms with Gasteiger partial charge in [0, 0.05) is 0 Å². The van der Waals surface area contributed by atoms with E-state index in [0.29, 0.717) is 18.8 Å². The third kappa shape index (κ3) is 3.43. The van der Waals surface area contributed by atoms with Crippen LogP contribution in [0.2, 0.25) is 0 Å². The molecule has 1 saturated carbocycles. The largest absolute Gasteiger partial charge is 0.480 e. The van der Waals surface area contributed by atoms with Crippen molar-refractivity contribution in [3.8, 4) is 0 Å². The number of hydrogen-bond acceptors (Lipinski definition) is 2. The van der Waals surface area contributed by atoms with E-state index in [1.807, 2.05) is 44.2 Å². The first-order chi connectivity index (χ1) is 9.94. The molecule has 0 aliphatic heterocycles. The average molecular weight is 289 g/mol. The predicted octanol–water partition coefficient (Wildman–Crippen LogP) is 2.94. The van der Waals surface area contributed by atoms with Crippen molar-refractivity contribution in [1.29, 1.82) is 0 Å². The Kier molecular flexibility index (Phi) is 4.66. The zero-order chi connectivity index (χ0) is 15.5. The third-order valence-corrected chi connectivity index (χ3v) is 4.46. The summed E-state index contributed by atoms with van der Waals surface area (Å²) in [7, 11) is 0. The molecule has 2 N–H and O–H groups in total. The monoisotopic (exact) mass is 289 g/mol. The Morgan fingerprint density at radius 2 is 2.00 bits per heavy atom. The lowest BCUT2D eigenvalue weighted by atomic mass is 9.76. The van der Waals surface area contributed by atoms with Crippen LogP contribution in [0.1, 0.15) is 51.0 Å². The summed E-state index contributed by atoms with van der Waals surface area (Å²) < 4.78 is 0. The molecule has 0 aromatic heterocycles. The summed E-state index contributed by atoms with van der Waals surface area (Å²) in [5.41, 5.74) is -0.197. The molecular weight excluding hydrogens is 266 g/mol. The SMILES string of the molecule is CC1CCCC(NC(=O)C(C)c2ccccc2)(C(=O)O)C1. The van der Waals surface area contributed by atoms with Gasteiger partial charge >= 0.3 is 5.97 Å². The average Bonchev–Trinajstić information content (AvgIpc) is 2.47. The first-order valence-electron chi connectivity index (χ1n) is 7.55. The van der Waals surface area contributed by atoms with Crippen molar-refractivity contribution in [2.75, 3.05) is 0 Å². The molecule has 0 heterocycles. The number of carbonyl (C=O) groups is 2. The van der Waals surface area contributed by atoms with Gasteiger partial charge in [-0.15, -0.1) is 0 Å². The molecule has 3 atom stereocenters. The first kappa shape index (κ1) is 15.5. The predicted molar refractivity (Wildman–Crippen MR) is 81.0 cm³/mol. The number of amides is 1. The highest BCUT2D eigenvalue weighted by molar-refractivity contribution is 5.90. The molecule has 0 saturated heterocycles. The standard InChI is InChI=1S/C17H23NO3/c1-12-7-6-10-17(11-12,16(20)21)18-15(19)13(2)14-8-4-3-5-9-14/h3-5,8-9,12-13H,6-7,10-11H2,1-2H3,(H,18,19)(H,20,21). The van der Waals surface area contributed by atoms with E-state index in [1.165, 1.54) is 0 Å². The van der Waals surface area contributed by atoms with Crippen LogP contribution in [0.4, 0.5) is 0 Å². The molecule has 114 valence electrons. The van der Waals surface area contributed by atoms with Crippen LogP contribution in [0.25, 0.3) is 0 Å². The van der Waals surface area contributed by atoms with Crippen LogP contribution in [-0.4, -0.2) is 22.5 Å². The van der Waals surface area contributed by atoms with E-state index in [4.69, 9.17) is 0 Å². The maximum atomic E-state index is 12.5. The molecule has 2 rings (SSSR count). The Hall–Kier alpha value is -1.84. The van der Waals surface area contributed by atoms with Gasteiger partial charge in [0.25, 0.3) is 0 Å². The number of aliphatic carboxylic acids is 1. The molecule has 1 aliphatic carbocycles. The minimum absolute atomic E-state index is 0.210. The Bertz CT molecular complexity index is 514. The van der Waals surface area contributed by atoms with Crippen molar-refractivity contribution >= 4 is 11.9 Å². The minimum atomic E-state index is -1.10. The molecule has 4 heteroatoms. The van der Waals surface area contributed by atoms with Crippen LogP contribution < -0.4 is 5.32 Å². The zero-order valence-corrected chi connectivity index (χ0v) is 12.6. The fourth-order valence-electron chi connectivity index (χ4n) is 3.15. The van der Waals surface area contributed by atoms with Gasteiger partial charge in [-0.2, -0.15) is 0 Å². The summed E-state index contributed by atoms with van der Waals surface area (Å²) in [6.45, 7) is 3.86. The highest BCUT2D eigenvalue weighted by Gasteiger charge is 2.43. The van der Waals surface area contributed by atoms with E-state index in [-0.39, 0.29) is 11.8 Å². The molecule has 3 unspecified atom stereocenters. The Balaban J connectivity index is 2.14. The van der Waals surface area contributed by atoms with E-state index >= 15 is 0 Å². The van der Waals surface area contributed by atoms with Gasteiger partial charge in [-0.05, 0) is 31.2 Å². The van der Waals surface area contributed by atoms with Crippen LogP contribution >= 0.6 is 0 Å². The fourth-order valence-corrected chi connectivity index (χ4v) is 3.15. The maximum absolute atomic E-state index is 12.5. The molecule has 1 aliphatic rings. The third-order valence-electron chi connectivity index (χ3n) is 4.46. The summed E-state index contributed by atoms with van der Waals surface area (Å²) in [6, 6.07) is 9.45. The maximum Gasteiger partial charge on any atom is 0.329 e. The Morgan fingerprint density at radius 3 is 2.57 bits per heavy atom. The summed E-state index contributed by atoms with van der Waals surface area (Å²) in [4.78, 5) is 24.2. The second-order valence-electron chi connectivity index (χ2n) is 6.21. The number of carbonyl (C=O) groups excluding carboxylic acids is 1. The highest BCUT2D eigenvalue weighted by Crippen LogP contribution is 2.33. The normalized spacial score (nSPS) is 26.9. The fraction of sp³-hybridized carbons (Fsp3) is 0.529. The lowest BCUT2D eigenvalue weighted by molar-refractivity contribution is -0.150. The molecule has 0 bridgehead atoms. The van der Waals surface area contributed by atoms with Gasteiger partial charge in [0.2, 0.25) is 5.91 Å². The van der Waals surface area contributed by atoms with Gasteiger partial charge in [-0.25, -0.2) is 4.79 Å². The summed E-state index contributed by atoms with van der Waals surface area (Å²) in [5.74, 6) is -1.15. The van der Waals surface area contributed by atoms with E-state index in [9.17, 15) is 14.7 Å². The van der Waals surface area contributed by atoms with Crippen molar-refractivity contribution in [2.45, 2.75) is 51.0 Å². The molecule has 1 fully saturated rings. The van der Waals surface area contributed by atoms with Gasteiger partial charge in [-0.3, -0.25) is 4.79 Å². The Labute approximate surface area is 125 Å². The van der Waals surface area contributed by atoms with E-state index < -0.39 is 11.5 Å². The quantitative estimate of drug-likeness (QED) is 0.895. The van der Waals surface area contributed by atoms with Crippen LogP contribution in [0.15, 0.2) is 30.3 Å². The zero-order valence-electron chi connectivity index (χ0n) is 12.6. The number of carboxylic acid groups (broad SMARTS) is 1. The second-order valence-corrected chi connectivity index (χ2v) is 6.21. The smallest absolute Gasteiger partial charge is 0.329 e. The van der Waals surface area contributed by atoms with E-state index in [0.717, 1.165) is 18.4 Å². The molecule has 0 spiro atoms. The van der Waals surface area contributed by atoms with Crippen molar-refractivity contribution in [3.63, 3.8) is 0 Å². The van der Waals surface area contributed by atoms with Crippen molar-refractivity contribution in [3.05, 3.63) is 35.9 Å². The van der Waals surface area contributed by atoms with Gasteiger partial charge in [0.15, 0.2) is 0 Å². The second kappa shape index (κ2) is 6.29. The van der Waals surface area contributed by atoms with Crippen LogP contribution in [0.3, 0.4) is 0 Å². The van der Waals surface area contributed by atoms with Crippen LogP contribution in [-0.2, 0) is 9.59 Å². The van der Waals surface area contributed by atoms with Crippen molar-refractivity contribution < 1.29 is 14.7 Å². The van der Waals surface area contributed by atoms with Crippen molar-refractivity contribution in [2.24, 2.45) is 5.92 Å². The van der Waals surface area contributed by atoms with E-state index in [2.05, 4.69) is 5.32 Å². The summed E-state index contributed by atoms with van der Waals surface area (Å²) >= 11 is 0. The van der Waals surface area contributed by atoms with Crippen LogP contribution in [0.5, 0.6) is 0 Å². The number of carboxylic acids is 1. The molecular formula is C17H23NO3. The number of nitrogens with one attached hydrogen (secondary N) is 1. The topological polar surface area (TPSA) is 66.4 Å². The number of rotatable bonds is 4. The Morgan fingerprint density at radius 1 is 1.33 bits per heavy atom. The molecule has 4 nitrogen and oxygen atoms in total. The van der Waals surface area contributed by atoms with Gasteiger partial charge in [0.1, 0.15) is 5.54 Å². The molecule has 21 heavy (non-hydrogen) atoms. The number of benzene rings is 1. The summed E-state index contributed by atoms with van der Waals surface area (Å²) in [6.07, 6.45) is 2.89. The highest BCUT2D eigenvalue weighted by atomic mass is 16.4. The van der Waals surface area contributed by atoms with Crippen molar-refractivity contribution in [1.82, 2.24) is 5.32 Å². The van der Waals surface area contributed by atoms with Gasteiger partial charge < -0.3 is 10.4 Å². The molecule has 1 amide bonds. The number of hydrogen-bond donors (Lipinski definition) is 2. The lowest BCUT2D eigenvalue weighted by Crippen LogP contribution is -2.57. The summed E-state index contributed by atoms with van der Waals surface area (Å²) in [5, 5.41) is 12.4.